The van der Waals surface area contributed by atoms with Crippen LogP contribution in [0.15, 0.2) is 29.2 Å². The van der Waals surface area contributed by atoms with E-state index in [9.17, 15) is 8.42 Å². The first-order chi connectivity index (χ1) is 8.43. The van der Waals surface area contributed by atoms with Crippen molar-refractivity contribution in [1.29, 1.82) is 0 Å². The molecule has 0 fully saturated rings. The number of aliphatic hydroxyl groups excluding tert-OH is 1. The number of hydrogen-bond donors (Lipinski definition) is 2. The number of nitrogens with two attached hydrogens (primary N) is 1. The normalized spacial score (nSPS) is 13.8. The molecule has 0 aliphatic rings. The van der Waals surface area contributed by atoms with Gasteiger partial charge in [0.1, 0.15) is 0 Å². The first-order valence-electron chi connectivity index (χ1n) is 5.90. The molecule has 0 aromatic heterocycles. The molecule has 0 heterocycles. The van der Waals surface area contributed by atoms with E-state index in [4.69, 9.17) is 10.8 Å². The second-order valence-corrected chi connectivity index (χ2v) is 6.02. The van der Waals surface area contributed by atoms with Crippen LogP contribution >= 0.6 is 0 Å². The number of nitrogens with zero attached hydrogens (tertiary/aromatic N) is 1. The van der Waals surface area contributed by atoms with Crippen LogP contribution in [0, 0.1) is 0 Å². The maximum Gasteiger partial charge on any atom is 0.243 e. The molecule has 0 saturated carbocycles. The summed E-state index contributed by atoms with van der Waals surface area (Å²) in [5.74, 6) is 0. The highest BCUT2D eigenvalue weighted by atomic mass is 32.2. The van der Waals surface area contributed by atoms with Crippen molar-refractivity contribution in [2.24, 2.45) is 5.73 Å². The van der Waals surface area contributed by atoms with Gasteiger partial charge in [0, 0.05) is 19.1 Å². The highest BCUT2D eigenvalue weighted by Gasteiger charge is 2.22. The minimum absolute atomic E-state index is 0.0985. The SMILES string of the molecule is CCN(CCO)S(=O)(=O)c1cccc(C(C)N)c1. The Morgan fingerprint density at radius 1 is 1.44 bits per heavy atom. The van der Waals surface area contributed by atoms with Crippen molar-refractivity contribution in [3.05, 3.63) is 29.8 Å². The summed E-state index contributed by atoms with van der Waals surface area (Å²) in [7, 11) is -3.55. The average Bonchev–Trinajstić information content (AvgIpc) is 2.35. The molecule has 3 N–H and O–H groups in total. The van der Waals surface area contributed by atoms with Gasteiger partial charge in [-0.2, -0.15) is 4.31 Å². The molecule has 1 rings (SSSR count). The lowest BCUT2D eigenvalue weighted by Crippen LogP contribution is -2.33. The van der Waals surface area contributed by atoms with Gasteiger partial charge >= 0.3 is 0 Å². The average molecular weight is 272 g/mol. The Balaban J connectivity index is 3.15. The number of sulfonamides is 1. The van der Waals surface area contributed by atoms with Crippen LogP contribution in [0.4, 0.5) is 0 Å². The summed E-state index contributed by atoms with van der Waals surface area (Å²) in [5, 5.41) is 8.89. The standard InChI is InChI=1S/C12H20N2O3S/c1-3-14(7-8-15)18(16,17)12-6-4-5-11(9-12)10(2)13/h4-6,9-10,15H,3,7-8,13H2,1-2H3. The fraction of sp³-hybridized carbons (Fsp3) is 0.500. The number of benzene rings is 1. The van der Waals surface area contributed by atoms with Crippen molar-refractivity contribution in [2.75, 3.05) is 19.7 Å². The Hall–Kier alpha value is -0.950. The van der Waals surface area contributed by atoms with Crippen LogP contribution in [0.25, 0.3) is 0 Å². The van der Waals surface area contributed by atoms with Crippen molar-refractivity contribution in [3.63, 3.8) is 0 Å². The van der Waals surface area contributed by atoms with Gasteiger partial charge in [-0.15, -0.1) is 0 Å². The molecule has 0 radical (unpaired) electrons. The van der Waals surface area contributed by atoms with Crippen LogP contribution in [-0.4, -0.2) is 37.5 Å². The third kappa shape index (κ3) is 3.29. The molecule has 0 amide bonds. The molecule has 0 bridgehead atoms. The Bertz CT molecular complexity index is 486. The lowest BCUT2D eigenvalue weighted by Gasteiger charge is -2.20. The van der Waals surface area contributed by atoms with Crippen LogP contribution in [0.3, 0.4) is 0 Å². The van der Waals surface area contributed by atoms with Crippen molar-refractivity contribution >= 4 is 10.0 Å². The van der Waals surface area contributed by atoms with Gasteiger partial charge in [0.25, 0.3) is 0 Å². The predicted octanol–water partition coefficient (Wildman–Crippen LogP) is 0.709. The molecule has 102 valence electrons. The molecule has 1 aromatic rings. The van der Waals surface area contributed by atoms with E-state index < -0.39 is 10.0 Å². The van der Waals surface area contributed by atoms with Gasteiger partial charge in [-0.25, -0.2) is 8.42 Å². The minimum Gasteiger partial charge on any atom is -0.395 e. The molecule has 0 aliphatic heterocycles. The maximum atomic E-state index is 12.3. The van der Waals surface area contributed by atoms with Gasteiger partial charge in [0.15, 0.2) is 0 Å². The quantitative estimate of drug-likeness (QED) is 0.799. The van der Waals surface area contributed by atoms with Gasteiger partial charge in [0.05, 0.1) is 11.5 Å². The summed E-state index contributed by atoms with van der Waals surface area (Å²) in [6.45, 7) is 3.77. The van der Waals surface area contributed by atoms with Crippen LogP contribution in [0.1, 0.15) is 25.5 Å². The second kappa shape index (κ2) is 6.29. The van der Waals surface area contributed by atoms with E-state index in [1.807, 2.05) is 0 Å². The number of rotatable bonds is 6. The van der Waals surface area contributed by atoms with Crippen LogP contribution in [0.5, 0.6) is 0 Å². The first kappa shape index (κ1) is 15.1. The molecule has 0 spiro atoms. The zero-order valence-electron chi connectivity index (χ0n) is 10.7. The Labute approximate surface area is 108 Å². The minimum atomic E-state index is -3.55. The zero-order chi connectivity index (χ0) is 13.8. The van der Waals surface area contributed by atoms with Gasteiger partial charge in [-0.05, 0) is 24.6 Å². The van der Waals surface area contributed by atoms with Crippen molar-refractivity contribution in [2.45, 2.75) is 24.8 Å². The summed E-state index contributed by atoms with van der Waals surface area (Å²) < 4.78 is 25.8. The van der Waals surface area contributed by atoms with E-state index >= 15 is 0 Å². The van der Waals surface area contributed by atoms with Gasteiger partial charge in [-0.1, -0.05) is 19.1 Å². The molecular weight excluding hydrogens is 252 g/mol. The monoisotopic (exact) mass is 272 g/mol. The van der Waals surface area contributed by atoms with Crippen molar-refractivity contribution in [3.8, 4) is 0 Å². The lowest BCUT2D eigenvalue weighted by molar-refractivity contribution is 0.257. The van der Waals surface area contributed by atoms with E-state index in [0.29, 0.717) is 6.54 Å². The lowest BCUT2D eigenvalue weighted by atomic mass is 10.1. The van der Waals surface area contributed by atoms with E-state index in [1.165, 1.54) is 4.31 Å². The fourth-order valence-corrected chi connectivity index (χ4v) is 3.16. The Morgan fingerprint density at radius 2 is 2.11 bits per heavy atom. The molecule has 0 aliphatic carbocycles. The highest BCUT2D eigenvalue weighted by molar-refractivity contribution is 7.89. The molecule has 1 unspecified atom stereocenters. The summed E-state index contributed by atoms with van der Waals surface area (Å²) >= 11 is 0. The van der Waals surface area contributed by atoms with Gasteiger partial charge in [0.2, 0.25) is 10.0 Å². The first-order valence-corrected chi connectivity index (χ1v) is 7.34. The summed E-state index contributed by atoms with van der Waals surface area (Å²) in [6, 6.07) is 6.39. The van der Waals surface area contributed by atoms with E-state index in [2.05, 4.69) is 0 Å². The highest BCUT2D eigenvalue weighted by Crippen LogP contribution is 2.19. The molecular formula is C12H20N2O3S. The van der Waals surface area contributed by atoms with Gasteiger partial charge in [-0.3, -0.25) is 0 Å². The molecule has 5 nitrogen and oxygen atoms in total. The molecule has 1 aromatic carbocycles. The maximum absolute atomic E-state index is 12.3. The third-order valence-corrected chi connectivity index (χ3v) is 4.69. The largest absolute Gasteiger partial charge is 0.395 e. The smallest absolute Gasteiger partial charge is 0.243 e. The Kier molecular flexibility index (Phi) is 5.28. The number of hydrogen-bond acceptors (Lipinski definition) is 4. The van der Waals surface area contributed by atoms with Crippen LogP contribution < -0.4 is 5.73 Å². The van der Waals surface area contributed by atoms with E-state index in [1.54, 1.807) is 38.1 Å². The number of aliphatic hydroxyl groups is 1. The fourth-order valence-electron chi connectivity index (χ4n) is 1.67. The summed E-state index contributed by atoms with van der Waals surface area (Å²) in [4.78, 5) is 0.215. The topological polar surface area (TPSA) is 83.6 Å². The molecule has 18 heavy (non-hydrogen) atoms. The Morgan fingerprint density at radius 3 is 2.61 bits per heavy atom. The van der Waals surface area contributed by atoms with E-state index in [0.717, 1.165) is 5.56 Å². The molecule has 1 atom stereocenters. The van der Waals surface area contributed by atoms with E-state index in [-0.39, 0.29) is 24.1 Å². The van der Waals surface area contributed by atoms with Gasteiger partial charge < -0.3 is 10.8 Å². The van der Waals surface area contributed by atoms with Crippen LogP contribution in [-0.2, 0) is 10.0 Å². The predicted molar refractivity (Wildman–Crippen MR) is 70.6 cm³/mol. The third-order valence-electron chi connectivity index (χ3n) is 2.72. The van der Waals surface area contributed by atoms with Crippen molar-refractivity contribution in [1.82, 2.24) is 4.31 Å². The summed E-state index contributed by atoms with van der Waals surface area (Å²) in [6.07, 6.45) is 0. The van der Waals surface area contributed by atoms with Crippen LogP contribution in [0.2, 0.25) is 0 Å². The molecule has 0 saturated heterocycles. The van der Waals surface area contributed by atoms with Crippen molar-refractivity contribution < 1.29 is 13.5 Å². The zero-order valence-corrected chi connectivity index (χ0v) is 11.5. The summed E-state index contributed by atoms with van der Waals surface area (Å²) in [5.41, 5.74) is 6.52. The number of likely N-dealkylation sites (N-methyl/N-ethyl adjacent to an activating group) is 1. The molecule has 6 heteroatoms. The second-order valence-electron chi connectivity index (χ2n) is 4.08.